The van der Waals surface area contributed by atoms with Gasteiger partial charge < -0.3 is 4.74 Å². The van der Waals surface area contributed by atoms with Gasteiger partial charge in [-0.25, -0.2) is 9.89 Å². The predicted molar refractivity (Wildman–Crippen MR) is 134 cm³/mol. The minimum atomic E-state index is -0.700. The lowest BCUT2D eigenvalue weighted by atomic mass is 10.0. The minimum Gasteiger partial charge on any atom is -0.416 e. The zero-order chi connectivity index (χ0) is 24.2. The monoisotopic (exact) mass is 484 g/mol. The summed E-state index contributed by atoms with van der Waals surface area (Å²) in [7, 11) is 0. The number of carbonyl (C=O) groups excluding carboxylic acids is 1. The topological polar surface area (TPSA) is 101 Å². The summed E-state index contributed by atoms with van der Waals surface area (Å²) in [6, 6.07) is 24.8. The molecule has 3 aromatic carbocycles. The number of fused-ring (bicyclic) bond motifs is 1. The van der Waals surface area contributed by atoms with Gasteiger partial charge >= 0.3 is 11.5 Å². The minimum absolute atomic E-state index is 0.118. The van der Waals surface area contributed by atoms with Gasteiger partial charge in [-0.1, -0.05) is 72.3 Å². The van der Waals surface area contributed by atoms with Crippen molar-refractivity contribution in [3.05, 3.63) is 122 Å². The lowest BCUT2D eigenvalue weighted by molar-refractivity contribution is 0.0725. The Morgan fingerprint density at radius 3 is 2.46 bits per heavy atom. The number of hydrogen-bond donors (Lipinski definition) is 2. The Labute approximate surface area is 205 Å². The molecule has 2 aromatic heterocycles. The van der Waals surface area contributed by atoms with Gasteiger partial charge in [0.1, 0.15) is 5.69 Å². The number of nitrogens with zero attached hydrogens (tertiary/aromatic N) is 2. The van der Waals surface area contributed by atoms with Crippen molar-refractivity contribution in [1.82, 2.24) is 20.4 Å². The quantitative estimate of drug-likeness (QED) is 0.320. The van der Waals surface area contributed by atoms with Crippen molar-refractivity contribution in [2.75, 3.05) is 0 Å². The highest BCUT2D eigenvalue weighted by Crippen LogP contribution is 2.21. The Kier molecular flexibility index (Phi) is 6.41. The Bertz CT molecular complexity index is 1570. The molecule has 0 radical (unpaired) electrons. The van der Waals surface area contributed by atoms with Crippen molar-refractivity contribution >= 4 is 28.3 Å². The molecule has 0 amide bonds. The molecular weight excluding hydrogens is 464 g/mol. The van der Waals surface area contributed by atoms with Crippen molar-refractivity contribution in [2.24, 2.45) is 0 Å². The van der Waals surface area contributed by atoms with Crippen LogP contribution in [0.2, 0.25) is 5.02 Å². The van der Waals surface area contributed by atoms with Gasteiger partial charge in [0, 0.05) is 17.5 Å². The first-order valence-electron chi connectivity index (χ1n) is 11.1. The van der Waals surface area contributed by atoms with E-state index >= 15 is 0 Å². The molecule has 0 spiro atoms. The smallest absolute Gasteiger partial charge is 0.361 e. The van der Waals surface area contributed by atoms with Gasteiger partial charge in [0.25, 0.3) is 0 Å². The molecule has 2 heterocycles. The zero-order valence-electron chi connectivity index (χ0n) is 18.6. The maximum atomic E-state index is 12.7. The lowest BCUT2D eigenvalue weighted by Gasteiger charge is -2.07. The molecule has 2 N–H and O–H groups in total. The normalized spacial score (nSPS) is 11.0. The van der Waals surface area contributed by atoms with Crippen LogP contribution in [0.1, 0.15) is 33.0 Å². The molecule has 35 heavy (non-hydrogen) atoms. The van der Waals surface area contributed by atoms with Crippen LogP contribution in [0.4, 0.5) is 0 Å². The molecular formula is C27H21ClN4O3. The number of halogens is 1. The number of carbonyl (C=O) groups is 1. The van der Waals surface area contributed by atoms with Gasteiger partial charge in [-0.15, -0.1) is 0 Å². The van der Waals surface area contributed by atoms with E-state index in [2.05, 4.69) is 20.4 Å². The number of ether oxygens (including phenoxy) is 1. The summed E-state index contributed by atoms with van der Waals surface area (Å²) in [6.45, 7) is 0. The molecule has 0 bridgehead atoms. The van der Waals surface area contributed by atoms with E-state index in [1.165, 1.54) is 6.07 Å². The van der Waals surface area contributed by atoms with Crippen LogP contribution in [0.15, 0.2) is 83.7 Å². The first kappa shape index (κ1) is 22.6. The van der Waals surface area contributed by atoms with Crippen molar-refractivity contribution in [1.29, 1.82) is 0 Å². The Hall–Kier alpha value is -4.23. The Balaban J connectivity index is 1.29. The number of aryl methyl sites for hydroxylation is 2. The number of esters is 1. The van der Waals surface area contributed by atoms with E-state index in [1.54, 1.807) is 6.07 Å². The summed E-state index contributed by atoms with van der Waals surface area (Å²) in [4.78, 5) is 24.9. The van der Waals surface area contributed by atoms with E-state index in [0.29, 0.717) is 35.7 Å². The van der Waals surface area contributed by atoms with Crippen molar-refractivity contribution in [3.8, 4) is 5.75 Å². The van der Waals surface area contributed by atoms with Crippen LogP contribution in [-0.2, 0) is 19.3 Å². The van der Waals surface area contributed by atoms with Gasteiger partial charge in [-0.05, 0) is 46.9 Å². The largest absolute Gasteiger partial charge is 0.416 e. The summed E-state index contributed by atoms with van der Waals surface area (Å²) < 4.78 is 5.38. The lowest BCUT2D eigenvalue weighted by Crippen LogP contribution is -2.18. The first-order chi connectivity index (χ1) is 17.1. The van der Waals surface area contributed by atoms with E-state index < -0.39 is 11.5 Å². The fourth-order valence-electron chi connectivity index (χ4n) is 3.95. The van der Waals surface area contributed by atoms with Crippen LogP contribution >= 0.6 is 11.6 Å². The molecule has 0 aliphatic carbocycles. The molecule has 0 atom stereocenters. The highest BCUT2D eigenvalue weighted by molar-refractivity contribution is 6.31. The summed E-state index contributed by atoms with van der Waals surface area (Å²) in [6.07, 6.45) is 1.75. The molecule has 0 aliphatic heterocycles. The fraction of sp³-hybridized carbons (Fsp3) is 0.111. The van der Waals surface area contributed by atoms with Gasteiger partial charge in [0.05, 0.1) is 11.4 Å². The second kappa shape index (κ2) is 9.95. The molecule has 0 aliphatic rings. The summed E-state index contributed by atoms with van der Waals surface area (Å²) in [5, 5.41) is 16.3. The van der Waals surface area contributed by atoms with Crippen LogP contribution in [-0.4, -0.2) is 26.4 Å². The molecule has 0 saturated heterocycles. The average Bonchev–Trinajstić information content (AvgIpc) is 3.35. The third-order valence-electron chi connectivity index (χ3n) is 5.74. The number of nitrogens with one attached hydrogen (secondary N) is 2. The zero-order valence-corrected chi connectivity index (χ0v) is 19.4. The van der Waals surface area contributed by atoms with Crippen LogP contribution in [0.25, 0.3) is 10.8 Å². The fourth-order valence-corrected chi connectivity index (χ4v) is 4.18. The molecule has 5 rings (SSSR count). The summed E-state index contributed by atoms with van der Waals surface area (Å²) >= 11 is 6.20. The number of hydrogen-bond acceptors (Lipinski definition) is 5. The Morgan fingerprint density at radius 1 is 0.829 bits per heavy atom. The maximum absolute atomic E-state index is 12.7. The third kappa shape index (κ3) is 5.15. The van der Waals surface area contributed by atoms with E-state index in [9.17, 15) is 9.59 Å². The van der Waals surface area contributed by atoms with Crippen LogP contribution in [0, 0.1) is 0 Å². The van der Waals surface area contributed by atoms with Crippen LogP contribution in [0.3, 0.4) is 0 Å². The third-order valence-corrected chi connectivity index (χ3v) is 6.10. The predicted octanol–water partition coefficient (Wildman–Crippen LogP) is 4.89. The summed E-state index contributed by atoms with van der Waals surface area (Å²) in [5.41, 5.74) is 2.90. The number of aromatic nitrogens is 4. The van der Waals surface area contributed by atoms with Crippen molar-refractivity contribution < 1.29 is 9.53 Å². The molecule has 0 fully saturated rings. The van der Waals surface area contributed by atoms with Gasteiger partial charge in [-0.2, -0.15) is 10.2 Å². The van der Waals surface area contributed by atoms with E-state index in [-0.39, 0.29) is 11.4 Å². The molecule has 0 unspecified atom stereocenters. The van der Waals surface area contributed by atoms with Gasteiger partial charge in [0.2, 0.25) is 0 Å². The number of H-pyrrole nitrogens is 2. The standard InChI is InChI=1S/C27H21ClN4O3/c28-23-11-4-2-7-18(23)12-13-20-15-24(31-29-20)27(34)35-25-16-21(30-32-26(25)33)14-19-9-5-8-17-6-1-3-10-22(17)19/h1-11,15-16H,12-14H2,(H,29,31)(H,32,33). The number of benzene rings is 3. The molecule has 0 saturated carbocycles. The second-order valence-electron chi connectivity index (χ2n) is 8.12. The maximum Gasteiger partial charge on any atom is 0.361 e. The van der Waals surface area contributed by atoms with E-state index in [1.807, 2.05) is 66.7 Å². The van der Waals surface area contributed by atoms with Crippen LogP contribution < -0.4 is 10.3 Å². The van der Waals surface area contributed by atoms with Gasteiger partial charge in [-0.3, -0.25) is 9.89 Å². The Morgan fingerprint density at radius 2 is 1.57 bits per heavy atom. The highest BCUT2D eigenvalue weighted by Gasteiger charge is 2.16. The van der Waals surface area contributed by atoms with Crippen molar-refractivity contribution in [3.63, 3.8) is 0 Å². The second-order valence-corrected chi connectivity index (χ2v) is 8.53. The number of rotatable bonds is 7. The first-order valence-corrected chi connectivity index (χ1v) is 11.5. The number of aromatic amines is 2. The average molecular weight is 485 g/mol. The van der Waals surface area contributed by atoms with E-state index in [0.717, 1.165) is 21.9 Å². The summed E-state index contributed by atoms with van der Waals surface area (Å²) in [5.74, 6) is -0.818. The van der Waals surface area contributed by atoms with Crippen molar-refractivity contribution in [2.45, 2.75) is 19.3 Å². The van der Waals surface area contributed by atoms with Gasteiger partial charge in [0.15, 0.2) is 5.75 Å². The molecule has 7 nitrogen and oxygen atoms in total. The molecule has 5 aromatic rings. The molecule has 8 heteroatoms. The SMILES string of the molecule is O=C(Oc1cc(Cc2cccc3ccccc23)n[nH]c1=O)c1cc(CCc2ccccc2Cl)n[nH]1. The van der Waals surface area contributed by atoms with Crippen LogP contribution in [0.5, 0.6) is 5.75 Å². The molecule has 174 valence electrons. The van der Waals surface area contributed by atoms with E-state index in [4.69, 9.17) is 16.3 Å². The highest BCUT2D eigenvalue weighted by atomic mass is 35.5.